The van der Waals surface area contributed by atoms with Crippen molar-refractivity contribution in [1.82, 2.24) is 9.88 Å². The fraction of sp³-hybridized carbons (Fsp3) is 0.643. The van der Waals surface area contributed by atoms with Crippen LogP contribution in [0.4, 0.5) is 0 Å². The van der Waals surface area contributed by atoms with E-state index in [-0.39, 0.29) is 16.8 Å². The lowest BCUT2D eigenvalue weighted by Crippen LogP contribution is -2.40. The lowest BCUT2D eigenvalue weighted by Gasteiger charge is -2.31. The van der Waals surface area contributed by atoms with Gasteiger partial charge in [0.25, 0.3) is 5.91 Å². The average molecular weight is 313 g/mol. The van der Waals surface area contributed by atoms with Crippen LogP contribution in [0, 0.1) is 11.8 Å². The van der Waals surface area contributed by atoms with Crippen LogP contribution in [-0.2, 0) is 17.1 Å². The Kier molecular flexibility index (Phi) is 4.43. The quantitative estimate of drug-likeness (QED) is 0.878. The molecule has 0 aliphatic heterocycles. The number of primary sulfonamides is 1. The number of hydrogen-bond donors (Lipinski definition) is 2. The van der Waals surface area contributed by atoms with E-state index in [1.165, 1.54) is 23.3 Å². The maximum absolute atomic E-state index is 12.3. The Labute approximate surface area is 125 Å². The summed E-state index contributed by atoms with van der Waals surface area (Å²) in [6.45, 7) is 4.38. The molecule has 2 atom stereocenters. The molecule has 2 rings (SSSR count). The summed E-state index contributed by atoms with van der Waals surface area (Å²) in [4.78, 5) is 12.3. The Hall–Kier alpha value is -1.34. The van der Waals surface area contributed by atoms with E-state index in [4.69, 9.17) is 5.14 Å². The molecule has 0 saturated heterocycles. The summed E-state index contributed by atoms with van der Waals surface area (Å²) in [6.07, 6.45) is 4.47. The zero-order valence-corrected chi connectivity index (χ0v) is 13.5. The minimum Gasteiger partial charge on any atom is -0.348 e. The summed E-state index contributed by atoms with van der Waals surface area (Å²) in [6, 6.07) is 1.46. The third kappa shape index (κ3) is 3.85. The summed E-state index contributed by atoms with van der Waals surface area (Å²) >= 11 is 0. The summed E-state index contributed by atoms with van der Waals surface area (Å²) in [7, 11) is -2.15. The molecule has 1 amide bonds. The third-order valence-corrected chi connectivity index (χ3v) is 4.94. The second kappa shape index (κ2) is 5.81. The molecule has 0 spiro atoms. The van der Waals surface area contributed by atoms with Gasteiger partial charge in [0, 0.05) is 19.3 Å². The van der Waals surface area contributed by atoms with Crippen LogP contribution >= 0.6 is 0 Å². The second-order valence-electron chi connectivity index (χ2n) is 6.30. The number of amides is 1. The Bertz CT molecular complexity index is 626. The number of rotatable bonds is 3. The van der Waals surface area contributed by atoms with Crippen LogP contribution in [0.2, 0.25) is 0 Å². The Morgan fingerprint density at radius 1 is 1.29 bits per heavy atom. The zero-order chi connectivity index (χ0) is 15.8. The van der Waals surface area contributed by atoms with E-state index in [0.717, 1.165) is 12.8 Å². The summed E-state index contributed by atoms with van der Waals surface area (Å²) < 4.78 is 24.2. The molecular weight excluding hydrogens is 290 g/mol. The van der Waals surface area contributed by atoms with E-state index in [2.05, 4.69) is 19.2 Å². The summed E-state index contributed by atoms with van der Waals surface area (Å²) in [5.41, 5.74) is 0.310. The van der Waals surface area contributed by atoms with Crippen LogP contribution < -0.4 is 10.5 Å². The van der Waals surface area contributed by atoms with E-state index in [1.54, 1.807) is 7.05 Å². The summed E-state index contributed by atoms with van der Waals surface area (Å²) in [5.74, 6) is 0.929. The molecule has 6 nitrogen and oxygen atoms in total. The van der Waals surface area contributed by atoms with E-state index in [1.807, 2.05) is 0 Å². The van der Waals surface area contributed by atoms with Crippen molar-refractivity contribution in [3.05, 3.63) is 18.0 Å². The van der Waals surface area contributed by atoms with Crippen molar-refractivity contribution >= 4 is 15.9 Å². The molecule has 1 aromatic rings. The molecule has 1 fully saturated rings. The Morgan fingerprint density at radius 3 is 2.33 bits per heavy atom. The van der Waals surface area contributed by atoms with Crippen molar-refractivity contribution in [3.8, 4) is 0 Å². The van der Waals surface area contributed by atoms with Crippen molar-refractivity contribution in [2.45, 2.75) is 44.0 Å². The molecule has 1 aliphatic rings. The first-order chi connectivity index (χ1) is 9.66. The van der Waals surface area contributed by atoms with Crippen molar-refractivity contribution in [2.24, 2.45) is 24.0 Å². The van der Waals surface area contributed by atoms with Gasteiger partial charge < -0.3 is 9.88 Å². The van der Waals surface area contributed by atoms with Crippen LogP contribution in [0.5, 0.6) is 0 Å². The number of aromatic nitrogens is 1. The van der Waals surface area contributed by atoms with Crippen LogP contribution in [-0.4, -0.2) is 24.9 Å². The number of carbonyl (C=O) groups is 1. The lowest BCUT2D eigenvalue weighted by atomic mass is 9.80. The van der Waals surface area contributed by atoms with Crippen LogP contribution in [0.3, 0.4) is 0 Å². The van der Waals surface area contributed by atoms with Gasteiger partial charge in [0.2, 0.25) is 10.0 Å². The number of sulfonamides is 1. The average Bonchev–Trinajstić information content (AvgIpc) is 2.69. The predicted octanol–water partition coefficient (Wildman–Crippen LogP) is 1.23. The molecule has 1 saturated carbocycles. The zero-order valence-electron chi connectivity index (χ0n) is 12.7. The SMILES string of the molecule is CC1CC(C)CC(NC(=O)c2cc(S(N)(=O)=O)cn2C)C1. The molecule has 21 heavy (non-hydrogen) atoms. The minimum atomic E-state index is -3.79. The maximum Gasteiger partial charge on any atom is 0.268 e. The topological polar surface area (TPSA) is 94.2 Å². The van der Waals surface area contributed by atoms with Crippen LogP contribution in [0.1, 0.15) is 43.6 Å². The molecule has 0 bridgehead atoms. The number of aryl methyl sites for hydroxylation is 1. The number of nitrogens with one attached hydrogen (secondary N) is 1. The number of nitrogens with two attached hydrogens (primary N) is 1. The molecule has 0 aromatic carbocycles. The molecule has 1 aliphatic carbocycles. The van der Waals surface area contributed by atoms with Crippen molar-refractivity contribution < 1.29 is 13.2 Å². The van der Waals surface area contributed by atoms with Crippen LogP contribution in [0.15, 0.2) is 17.2 Å². The monoisotopic (exact) mass is 313 g/mol. The lowest BCUT2D eigenvalue weighted by molar-refractivity contribution is 0.0903. The number of nitrogens with zero attached hydrogens (tertiary/aromatic N) is 1. The first-order valence-electron chi connectivity index (χ1n) is 7.17. The van der Waals surface area contributed by atoms with Crippen molar-refractivity contribution in [1.29, 1.82) is 0 Å². The molecule has 0 radical (unpaired) electrons. The number of hydrogen-bond acceptors (Lipinski definition) is 3. The van der Waals surface area contributed by atoms with Gasteiger partial charge in [-0.2, -0.15) is 0 Å². The highest BCUT2D eigenvalue weighted by molar-refractivity contribution is 7.89. The summed E-state index contributed by atoms with van der Waals surface area (Å²) in [5, 5.41) is 8.09. The Balaban J connectivity index is 2.12. The molecule has 3 N–H and O–H groups in total. The van der Waals surface area contributed by atoms with Gasteiger partial charge in [-0.3, -0.25) is 4.79 Å². The Morgan fingerprint density at radius 2 is 1.86 bits per heavy atom. The maximum atomic E-state index is 12.3. The first-order valence-corrected chi connectivity index (χ1v) is 8.71. The predicted molar refractivity (Wildman–Crippen MR) is 80.2 cm³/mol. The highest BCUT2D eigenvalue weighted by Gasteiger charge is 2.26. The smallest absolute Gasteiger partial charge is 0.268 e. The van der Waals surface area contributed by atoms with E-state index < -0.39 is 10.0 Å². The molecule has 118 valence electrons. The minimum absolute atomic E-state index is 0.0412. The van der Waals surface area contributed by atoms with Gasteiger partial charge in [-0.25, -0.2) is 13.6 Å². The fourth-order valence-corrected chi connectivity index (χ4v) is 3.82. The normalized spacial score (nSPS) is 26.6. The standard InChI is InChI=1S/C14H23N3O3S/c1-9-4-10(2)6-11(5-9)16-14(18)13-7-12(8-17(13)3)21(15,19)20/h7-11H,4-6H2,1-3H3,(H,16,18)(H2,15,19,20). The first kappa shape index (κ1) is 16.0. The fourth-order valence-electron chi connectivity index (χ4n) is 3.24. The van der Waals surface area contributed by atoms with Gasteiger partial charge in [0.15, 0.2) is 0 Å². The van der Waals surface area contributed by atoms with Gasteiger partial charge in [0.1, 0.15) is 10.6 Å². The number of carbonyl (C=O) groups excluding carboxylic acids is 1. The van der Waals surface area contributed by atoms with Gasteiger partial charge >= 0.3 is 0 Å². The van der Waals surface area contributed by atoms with Gasteiger partial charge in [0.05, 0.1) is 0 Å². The van der Waals surface area contributed by atoms with Crippen LogP contribution in [0.25, 0.3) is 0 Å². The van der Waals surface area contributed by atoms with Gasteiger partial charge in [-0.15, -0.1) is 0 Å². The third-order valence-electron chi connectivity index (χ3n) is 4.05. The largest absolute Gasteiger partial charge is 0.348 e. The molecule has 2 unspecified atom stereocenters. The highest BCUT2D eigenvalue weighted by atomic mass is 32.2. The van der Waals surface area contributed by atoms with E-state index >= 15 is 0 Å². The molecule has 1 aromatic heterocycles. The van der Waals surface area contributed by atoms with Crippen molar-refractivity contribution in [2.75, 3.05) is 0 Å². The van der Waals surface area contributed by atoms with Gasteiger partial charge in [-0.1, -0.05) is 13.8 Å². The van der Waals surface area contributed by atoms with E-state index in [9.17, 15) is 13.2 Å². The molecule has 1 heterocycles. The molecular formula is C14H23N3O3S. The molecule has 7 heteroatoms. The van der Waals surface area contributed by atoms with Gasteiger partial charge in [-0.05, 0) is 37.2 Å². The van der Waals surface area contributed by atoms with E-state index in [0.29, 0.717) is 17.5 Å². The highest BCUT2D eigenvalue weighted by Crippen LogP contribution is 2.28. The van der Waals surface area contributed by atoms with Crippen molar-refractivity contribution in [3.63, 3.8) is 0 Å². The second-order valence-corrected chi connectivity index (χ2v) is 7.87.